The Hall–Kier alpha value is -1.32. The summed E-state index contributed by atoms with van der Waals surface area (Å²) in [4.78, 5) is 16.2. The van der Waals surface area contributed by atoms with Crippen LogP contribution in [0.3, 0.4) is 0 Å². The fourth-order valence-electron chi connectivity index (χ4n) is 0.471. The maximum Gasteiger partial charge on any atom is 0.346 e. The van der Waals surface area contributed by atoms with Crippen molar-refractivity contribution in [3.05, 3.63) is 22.2 Å². The largest absolute Gasteiger partial charge is 0.385 e. The number of aromatic amines is 1. The first-order valence-corrected chi connectivity index (χ1v) is 3.51. The van der Waals surface area contributed by atoms with E-state index in [0.717, 1.165) is 5.56 Å². The summed E-state index contributed by atoms with van der Waals surface area (Å²) in [6, 6.07) is 0. The standard InChI is InChI=1S/C5H7N3O.C2H6/c1-3-2-7-5(9)8-4(3)6;1-2/h2H,1H3,(H3,6,7,8,9);1-2H3. The summed E-state index contributed by atoms with van der Waals surface area (Å²) in [6.07, 6.45) is 1.44. The third kappa shape index (κ3) is 2.84. The molecule has 0 saturated carbocycles. The van der Waals surface area contributed by atoms with E-state index in [9.17, 15) is 4.79 Å². The number of aromatic nitrogens is 2. The molecule has 0 fully saturated rings. The SMILES string of the molecule is CC.Cc1cnc(=O)[nH]c1N. The van der Waals surface area contributed by atoms with Gasteiger partial charge in [-0.3, -0.25) is 4.98 Å². The van der Waals surface area contributed by atoms with Crippen LogP contribution in [0.1, 0.15) is 19.4 Å². The van der Waals surface area contributed by atoms with Crippen molar-refractivity contribution >= 4 is 5.82 Å². The maximum absolute atomic E-state index is 10.4. The number of H-pyrrole nitrogens is 1. The molecule has 1 rings (SSSR count). The molecule has 3 N–H and O–H groups in total. The van der Waals surface area contributed by atoms with Crippen LogP contribution < -0.4 is 11.4 Å². The van der Waals surface area contributed by atoms with Gasteiger partial charge >= 0.3 is 5.69 Å². The molecule has 0 spiro atoms. The van der Waals surface area contributed by atoms with Crippen LogP contribution >= 0.6 is 0 Å². The van der Waals surface area contributed by atoms with Gasteiger partial charge in [-0.2, -0.15) is 0 Å². The van der Waals surface area contributed by atoms with E-state index in [1.54, 1.807) is 6.92 Å². The van der Waals surface area contributed by atoms with Gasteiger partial charge in [0.1, 0.15) is 5.82 Å². The zero-order valence-electron chi connectivity index (χ0n) is 7.01. The summed E-state index contributed by atoms with van der Waals surface area (Å²) >= 11 is 0. The second kappa shape index (κ2) is 4.49. The molecule has 11 heavy (non-hydrogen) atoms. The van der Waals surface area contributed by atoms with Crippen molar-refractivity contribution in [1.29, 1.82) is 0 Å². The highest BCUT2D eigenvalue weighted by Crippen LogP contribution is 1.97. The van der Waals surface area contributed by atoms with Crippen molar-refractivity contribution in [1.82, 2.24) is 9.97 Å². The van der Waals surface area contributed by atoms with Crippen molar-refractivity contribution in [2.45, 2.75) is 20.8 Å². The summed E-state index contributed by atoms with van der Waals surface area (Å²) in [5.41, 5.74) is 5.71. The number of hydrogen-bond acceptors (Lipinski definition) is 3. The Morgan fingerprint density at radius 3 is 2.45 bits per heavy atom. The number of anilines is 1. The van der Waals surface area contributed by atoms with Crippen molar-refractivity contribution < 1.29 is 0 Å². The minimum Gasteiger partial charge on any atom is -0.385 e. The molecule has 1 heterocycles. The van der Waals surface area contributed by atoms with Crippen LogP contribution in [0.2, 0.25) is 0 Å². The van der Waals surface area contributed by atoms with Crippen LogP contribution in [0.25, 0.3) is 0 Å². The zero-order chi connectivity index (χ0) is 8.85. The molecular weight excluding hydrogens is 142 g/mol. The van der Waals surface area contributed by atoms with Gasteiger partial charge in [0.25, 0.3) is 0 Å². The fourth-order valence-corrected chi connectivity index (χ4v) is 0.471. The predicted octanol–water partition coefficient (Wildman–Crippen LogP) is 0.687. The average Bonchev–Trinajstić information content (AvgIpc) is 2.02. The summed E-state index contributed by atoms with van der Waals surface area (Å²) < 4.78 is 0. The second-order valence-corrected chi connectivity index (χ2v) is 1.79. The van der Waals surface area contributed by atoms with Gasteiger partial charge in [0.2, 0.25) is 0 Å². The summed E-state index contributed by atoms with van der Waals surface area (Å²) in [5, 5.41) is 0. The van der Waals surface area contributed by atoms with Gasteiger partial charge in [-0.15, -0.1) is 0 Å². The molecule has 4 nitrogen and oxygen atoms in total. The highest BCUT2D eigenvalue weighted by atomic mass is 16.1. The molecule has 0 aliphatic rings. The van der Waals surface area contributed by atoms with Gasteiger partial charge in [-0.1, -0.05) is 13.8 Å². The zero-order valence-corrected chi connectivity index (χ0v) is 7.01. The maximum atomic E-state index is 10.4. The van der Waals surface area contributed by atoms with Gasteiger partial charge in [-0.05, 0) is 6.92 Å². The molecule has 0 amide bonds. The molecule has 0 atom stereocenters. The molecule has 1 aromatic heterocycles. The number of nitrogens with zero attached hydrogens (tertiary/aromatic N) is 1. The number of rotatable bonds is 0. The van der Waals surface area contributed by atoms with Crippen molar-refractivity contribution in [3.8, 4) is 0 Å². The Kier molecular flexibility index (Phi) is 3.95. The Morgan fingerprint density at radius 2 is 2.09 bits per heavy atom. The van der Waals surface area contributed by atoms with E-state index >= 15 is 0 Å². The van der Waals surface area contributed by atoms with Crippen molar-refractivity contribution in [3.63, 3.8) is 0 Å². The first-order valence-electron chi connectivity index (χ1n) is 3.51. The van der Waals surface area contributed by atoms with E-state index in [0.29, 0.717) is 5.82 Å². The minimum atomic E-state index is -0.405. The third-order valence-corrected chi connectivity index (χ3v) is 1.04. The molecule has 0 bridgehead atoms. The molecule has 62 valence electrons. The van der Waals surface area contributed by atoms with Crippen molar-refractivity contribution in [2.24, 2.45) is 0 Å². The van der Waals surface area contributed by atoms with Crippen LogP contribution in [-0.4, -0.2) is 9.97 Å². The molecule has 4 heteroatoms. The molecular formula is C7H13N3O. The lowest BCUT2D eigenvalue weighted by molar-refractivity contribution is 1.06. The summed E-state index contributed by atoms with van der Waals surface area (Å²) in [6.45, 7) is 5.78. The minimum absolute atomic E-state index is 0.384. The fraction of sp³-hybridized carbons (Fsp3) is 0.429. The molecule has 0 saturated heterocycles. The van der Waals surface area contributed by atoms with Gasteiger partial charge in [-0.25, -0.2) is 9.78 Å². The number of nitrogen functional groups attached to an aromatic ring is 1. The molecule has 0 radical (unpaired) electrons. The lowest BCUT2D eigenvalue weighted by Gasteiger charge is -1.93. The number of aryl methyl sites for hydroxylation is 1. The quantitative estimate of drug-likeness (QED) is 0.579. The van der Waals surface area contributed by atoms with E-state index in [4.69, 9.17) is 5.73 Å². The first kappa shape index (κ1) is 9.68. The normalized spacial score (nSPS) is 8.27. The predicted molar refractivity (Wildman–Crippen MR) is 45.4 cm³/mol. The Morgan fingerprint density at radius 1 is 1.55 bits per heavy atom. The van der Waals surface area contributed by atoms with Crippen LogP contribution in [0.15, 0.2) is 11.0 Å². The Labute approximate surface area is 65.5 Å². The monoisotopic (exact) mass is 155 g/mol. The molecule has 0 unspecified atom stereocenters. The summed E-state index contributed by atoms with van der Waals surface area (Å²) in [7, 11) is 0. The molecule has 0 aromatic carbocycles. The van der Waals surface area contributed by atoms with E-state index in [-0.39, 0.29) is 0 Å². The van der Waals surface area contributed by atoms with Gasteiger partial charge in [0.15, 0.2) is 0 Å². The second-order valence-electron chi connectivity index (χ2n) is 1.79. The summed E-state index contributed by atoms with van der Waals surface area (Å²) in [5.74, 6) is 0.384. The van der Waals surface area contributed by atoms with Crippen LogP contribution in [0, 0.1) is 6.92 Å². The van der Waals surface area contributed by atoms with Crippen LogP contribution in [0.5, 0.6) is 0 Å². The Balaban J connectivity index is 0.000000461. The molecule has 0 aliphatic carbocycles. The van der Waals surface area contributed by atoms with Gasteiger partial charge in [0.05, 0.1) is 0 Å². The Bertz CT molecular complexity index is 267. The lowest BCUT2D eigenvalue weighted by Crippen LogP contribution is -2.12. The third-order valence-electron chi connectivity index (χ3n) is 1.04. The van der Waals surface area contributed by atoms with Gasteiger partial charge in [0, 0.05) is 11.8 Å². The average molecular weight is 155 g/mol. The van der Waals surface area contributed by atoms with E-state index < -0.39 is 5.69 Å². The topological polar surface area (TPSA) is 71.8 Å². The van der Waals surface area contributed by atoms with Crippen LogP contribution in [0.4, 0.5) is 5.82 Å². The smallest absolute Gasteiger partial charge is 0.346 e. The first-order chi connectivity index (χ1) is 5.20. The molecule has 1 aromatic rings. The van der Waals surface area contributed by atoms with Crippen molar-refractivity contribution in [2.75, 3.05) is 5.73 Å². The molecule has 0 aliphatic heterocycles. The number of nitrogens with two attached hydrogens (primary N) is 1. The van der Waals surface area contributed by atoms with Gasteiger partial charge < -0.3 is 5.73 Å². The van der Waals surface area contributed by atoms with E-state index in [2.05, 4.69) is 9.97 Å². The van der Waals surface area contributed by atoms with E-state index in [1.165, 1.54) is 6.20 Å². The number of hydrogen-bond donors (Lipinski definition) is 2. The lowest BCUT2D eigenvalue weighted by atomic mass is 10.4. The highest BCUT2D eigenvalue weighted by Gasteiger charge is 1.90. The highest BCUT2D eigenvalue weighted by molar-refractivity contribution is 5.34. The van der Waals surface area contributed by atoms with E-state index in [1.807, 2.05) is 13.8 Å². The van der Waals surface area contributed by atoms with Crippen LogP contribution in [-0.2, 0) is 0 Å². The number of nitrogens with one attached hydrogen (secondary N) is 1.